The van der Waals surface area contributed by atoms with Crippen LogP contribution < -0.4 is 0 Å². The molecule has 0 saturated heterocycles. The molecule has 0 radical (unpaired) electrons. The number of ether oxygens (including phenoxy) is 1. The van der Waals surface area contributed by atoms with Crippen molar-refractivity contribution >= 4 is 28.3 Å². The maximum Gasteiger partial charge on any atom is 0.338 e. The third kappa shape index (κ3) is 3.93. The summed E-state index contributed by atoms with van der Waals surface area (Å²) in [5, 5.41) is 11.7. The molecule has 0 saturated carbocycles. The number of aryl methyl sites for hydroxylation is 1. The van der Waals surface area contributed by atoms with Gasteiger partial charge in [0.25, 0.3) is 5.69 Å². The van der Waals surface area contributed by atoms with E-state index in [2.05, 4.69) is 4.98 Å². The Kier molecular flexibility index (Phi) is 5.32. The Labute approximate surface area is 177 Å². The van der Waals surface area contributed by atoms with Gasteiger partial charge in [0.05, 0.1) is 21.7 Å². The number of carbonyl (C=O) groups excluding carboxylic acids is 2. The maximum absolute atomic E-state index is 13.1. The molecule has 1 heterocycles. The van der Waals surface area contributed by atoms with Gasteiger partial charge < -0.3 is 9.72 Å². The smallest absolute Gasteiger partial charge is 0.338 e. The Hall–Kier alpha value is -4.26. The molecule has 4 aromatic rings. The SMILES string of the molecule is Cc1cc(C(=O)OCC(=O)c2c(-c3ccccc3)[nH]c3ccccc23)ccc1[N+](=O)[O-]. The number of nitrogens with zero attached hydrogens (tertiary/aromatic N) is 1. The fourth-order valence-corrected chi connectivity index (χ4v) is 3.53. The second-order valence-corrected chi connectivity index (χ2v) is 7.04. The van der Waals surface area contributed by atoms with Crippen LogP contribution in [0.1, 0.15) is 26.3 Å². The molecule has 1 N–H and O–H groups in total. The van der Waals surface area contributed by atoms with Crippen LogP contribution in [-0.2, 0) is 4.74 Å². The van der Waals surface area contributed by atoms with Crippen molar-refractivity contribution in [3.05, 3.63) is 99.6 Å². The van der Waals surface area contributed by atoms with Gasteiger partial charge in [0.1, 0.15) is 0 Å². The van der Waals surface area contributed by atoms with E-state index < -0.39 is 17.5 Å². The van der Waals surface area contributed by atoms with Gasteiger partial charge in [-0.1, -0.05) is 48.5 Å². The van der Waals surface area contributed by atoms with E-state index in [1.54, 1.807) is 0 Å². The van der Waals surface area contributed by atoms with E-state index in [4.69, 9.17) is 4.74 Å². The van der Waals surface area contributed by atoms with Crippen molar-refractivity contribution in [1.29, 1.82) is 0 Å². The number of fused-ring (bicyclic) bond motifs is 1. The largest absolute Gasteiger partial charge is 0.454 e. The lowest BCUT2D eigenvalue weighted by Crippen LogP contribution is -2.15. The molecule has 0 spiro atoms. The first-order chi connectivity index (χ1) is 15.0. The van der Waals surface area contributed by atoms with Crippen molar-refractivity contribution in [3.8, 4) is 11.3 Å². The van der Waals surface area contributed by atoms with Crippen LogP contribution in [0, 0.1) is 17.0 Å². The lowest BCUT2D eigenvalue weighted by Gasteiger charge is -2.07. The number of para-hydroxylation sites is 1. The zero-order valence-electron chi connectivity index (χ0n) is 16.6. The van der Waals surface area contributed by atoms with Crippen molar-refractivity contribution in [2.75, 3.05) is 6.61 Å². The number of benzene rings is 3. The monoisotopic (exact) mass is 414 g/mol. The van der Waals surface area contributed by atoms with Crippen LogP contribution in [0.5, 0.6) is 0 Å². The summed E-state index contributed by atoms with van der Waals surface area (Å²) in [4.78, 5) is 39.2. The van der Waals surface area contributed by atoms with Crippen LogP contribution in [0.2, 0.25) is 0 Å². The molecule has 0 fully saturated rings. The number of nitrogens with one attached hydrogen (secondary N) is 1. The number of nitro benzene ring substituents is 1. The average Bonchev–Trinajstić information content (AvgIpc) is 3.17. The number of aromatic nitrogens is 1. The van der Waals surface area contributed by atoms with Gasteiger partial charge in [-0.15, -0.1) is 0 Å². The zero-order valence-corrected chi connectivity index (χ0v) is 16.6. The Morgan fingerprint density at radius 2 is 1.71 bits per heavy atom. The summed E-state index contributed by atoms with van der Waals surface area (Å²) >= 11 is 0. The fraction of sp³-hybridized carbons (Fsp3) is 0.0833. The Bertz CT molecular complexity index is 1310. The van der Waals surface area contributed by atoms with E-state index in [9.17, 15) is 19.7 Å². The number of esters is 1. The third-order valence-corrected chi connectivity index (χ3v) is 5.01. The topological polar surface area (TPSA) is 102 Å². The van der Waals surface area contributed by atoms with E-state index in [0.717, 1.165) is 16.5 Å². The van der Waals surface area contributed by atoms with Crippen molar-refractivity contribution in [2.45, 2.75) is 6.92 Å². The van der Waals surface area contributed by atoms with E-state index in [-0.39, 0.29) is 17.0 Å². The van der Waals surface area contributed by atoms with Crippen molar-refractivity contribution < 1.29 is 19.2 Å². The standard InChI is InChI=1S/C24H18N2O5/c1-15-13-17(11-12-20(15)26(29)30)24(28)31-14-21(27)22-18-9-5-6-10-19(18)25-23(22)16-7-3-2-4-8-16/h2-13,25H,14H2,1H3. The van der Waals surface area contributed by atoms with Crippen LogP contribution in [0.3, 0.4) is 0 Å². The highest BCUT2D eigenvalue weighted by atomic mass is 16.6. The molecule has 31 heavy (non-hydrogen) atoms. The fourth-order valence-electron chi connectivity index (χ4n) is 3.53. The van der Waals surface area contributed by atoms with Gasteiger partial charge in [-0.25, -0.2) is 4.79 Å². The van der Waals surface area contributed by atoms with Crippen LogP contribution in [0.25, 0.3) is 22.2 Å². The van der Waals surface area contributed by atoms with Crippen molar-refractivity contribution in [1.82, 2.24) is 4.98 Å². The highest BCUT2D eigenvalue weighted by Crippen LogP contribution is 2.30. The number of carbonyl (C=O) groups is 2. The normalized spacial score (nSPS) is 10.7. The minimum Gasteiger partial charge on any atom is -0.454 e. The highest BCUT2D eigenvalue weighted by molar-refractivity contribution is 6.14. The van der Waals surface area contributed by atoms with E-state index in [0.29, 0.717) is 16.8 Å². The zero-order chi connectivity index (χ0) is 22.0. The van der Waals surface area contributed by atoms with Gasteiger partial charge in [0, 0.05) is 22.5 Å². The molecule has 0 unspecified atom stereocenters. The number of hydrogen-bond acceptors (Lipinski definition) is 5. The minimum absolute atomic E-state index is 0.0843. The summed E-state index contributed by atoms with van der Waals surface area (Å²) in [5.74, 6) is -1.06. The first-order valence-electron chi connectivity index (χ1n) is 9.57. The quantitative estimate of drug-likeness (QED) is 0.205. The van der Waals surface area contributed by atoms with Gasteiger partial charge in [0.2, 0.25) is 5.78 Å². The Morgan fingerprint density at radius 1 is 1.00 bits per heavy atom. The number of aromatic amines is 1. The van der Waals surface area contributed by atoms with Crippen molar-refractivity contribution in [2.24, 2.45) is 0 Å². The van der Waals surface area contributed by atoms with E-state index in [1.807, 2.05) is 54.6 Å². The summed E-state index contributed by atoms with van der Waals surface area (Å²) in [5.41, 5.74) is 3.18. The van der Waals surface area contributed by atoms with Crippen molar-refractivity contribution in [3.63, 3.8) is 0 Å². The number of rotatable bonds is 6. The number of Topliss-reactive ketones (excluding diaryl/α,β-unsaturated/α-hetero) is 1. The van der Waals surface area contributed by atoms with Gasteiger partial charge >= 0.3 is 5.97 Å². The minimum atomic E-state index is -0.715. The van der Waals surface area contributed by atoms with Crippen LogP contribution in [0.4, 0.5) is 5.69 Å². The molecule has 0 amide bonds. The molecule has 4 rings (SSSR count). The van der Waals surface area contributed by atoms with Gasteiger partial charge in [-0.2, -0.15) is 0 Å². The van der Waals surface area contributed by atoms with Gasteiger partial charge in [-0.05, 0) is 30.7 Å². The summed E-state index contributed by atoms with van der Waals surface area (Å²) in [7, 11) is 0. The lowest BCUT2D eigenvalue weighted by molar-refractivity contribution is -0.385. The molecular weight excluding hydrogens is 396 g/mol. The highest BCUT2D eigenvalue weighted by Gasteiger charge is 2.21. The third-order valence-electron chi connectivity index (χ3n) is 5.01. The maximum atomic E-state index is 13.1. The van der Waals surface area contributed by atoms with E-state index in [1.165, 1.54) is 25.1 Å². The number of ketones is 1. The second kappa shape index (κ2) is 8.23. The summed E-state index contributed by atoms with van der Waals surface area (Å²) in [6, 6.07) is 20.8. The predicted molar refractivity (Wildman–Crippen MR) is 116 cm³/mol. The average molecular weight is 414 g/mol. The molecule has 7 nitrogen and oxygen atoms in total. The first kappa shape index (κ1) is 20.0. The molecule has 0 bridgehead atoms. The lowest BCUT2D eigenvalue weighted by atomic mass is 10.0. The molecule has 0 aliphatic heterocycles. The number of hydrogen-bond donors (Lipinski definition) is 1. The summed E-state index contributed by atoms with van der Waals surface area (Å²) in [6.45, 7) is 1.09. The molecule has 7 heteroatoms. The number of H-pyrrole nitrogens is 1. The van der Waals surface area contributed by atoms with Crippen LogP contribution in [-0.4, -0.2) is 28.3 Å². The Balaban J connectivity index is 1.60. The van der Waals surface area contributed by atoms with Gasteiger partial charge in [-0.3, -0.25) is 14.9 Å². The molecule has 0 aliphatic carbocycles. The van der Waals surface area contributed by atoms with Gasteiger partial charge in [0.15, 0.2) is 6.61 Å². The molecule has 3 aromatic carbocycles. The predicted octanol–water partition coefficient (Wildman–Crippen LogP) is 5.09. The number of nitro groups is 1. The van der Waals surface area contributed by atoms with Crippen LogP contribution in [0.15, 0.2) is 72.8 Å². The molecule has 1 aromatic heterocycles. The Morgan fingerprint density at radius 3 is 2.42 bits per heavy atom. The molecule has 154 valence electrons. The molecule has 0 atom stereocenters. The second-order valence-electron chi connectivity index (χ2n) is 7.04. The molecule has 0 aliphatic rings. The van der Waals surface area contributed by atoms with E-state index >= 15 is 0 Å². The first-order valence-corrected chi connectivity index (χ1v) is 9.57. The van der Waals surface area contributed by atoms with Crippen LogP contribution >= 0.6 is 0 Å². The summed E-state index contributed by atoms with van der Waals surface area (Å²) in [6.07, 6.45) is 0. The summed E-state index contributed by atoms with van der Waals surface area (Å²) < 4.78 is 5.24. The molecular formula is C24H18N2O5.